The van der Waals surface area contributed by atoms with Crippen LogP contribution < -0.4 is 10.1 Å². The number of ether oxygens (including phenoxy) is 1. The molecule has 6 heteroatoms. The Morgan fingerprint density at radius 1 is 1.33 bits per heavy atom. The molecule has 0 fully saturated rings. The zero-order chi connectivity index (χ0) is 16.0. The predicted molar refractivity (Wildman–Crippen MR) is 81.0 cm³/mol. The van der Waals surface area contributed by atoms with Gasteiger partial charge in [0.25, 0.3) is 5.91 Å². The number of hydrogen-bond donors (Lipinski definition) is 2. The summed E-state index contributed by atoms with van der Waals surface area (Å²) in [6.07, 6.45) is 0.302. The number of carbonyl (C=O) groups excluding carboxylic acids is 1. The van der Waals surface area contributed by atoms with E-state index in [-0.39, 0.29) is 24.5 Å². The van der Waals surface area contributed by atoms with Crippen molar-refractivity contribution in [3.05, 3.63) is 28.8 Å². The zero-order valence-electron chi connectivity index (χ0n) is 12.4. The van der Waals surface area contributed by atoms with E-state index in [1.54, 1.807) is 25.1 Å². The summed E-state index contributed by atoms with van der Waals surface area (Å²) in [6, 6.07) is 4.60. The maximum Gasteiger partial charge on any atom is 0.303 e. The highest BCUT2D eigenvalue weighted by molar-refractivity contribution is 6.31. The predicted octanol–water partition coefficient (Wildman–Crippen LogP) is 3.11. The molecular formula is C15H20ClNO4. The highest BCUT2D eigenvalue weighted by Gasteiger charge is 2.17. The van der Waals surface area contributed by atoms with Gasteiger partial charge in [-0.15, -0.1) is 0 Å². The Kier molecular flexibility index (Phi) is 6.49. The van der Waals surface area contributed by atoms with Gasteiger partial charge in [-0.05, 0) is 45.4 Å². The molecule has 0 radical (unpaired) electrons. The Balaban J connectivity index is 2.80. The number of rotatable bonds is 7. The van der Waals surface area contributed by atoms with Crippen LogP contribution in [0.1, 0.15) is 44.0 Å². The van der Waals surface area contributed by atoms with Crippen LogP contribution in [0, 0.1) is 0 Å². The van der Waals surface area contributed by atoms with Gasteiger partial charge in [0.2, 0.25) is 0 Å². The van der Waals surface area contributed by atoms with Crippen molar-refractivity contribution in [1.29, 1.82) is 0 Å². The molecule has 116 valence electrons. The molecule has 0 bridgehead atoms. The van der Waals surface area contributed by atoms with Gasteiger partial charge in [-0.2, -0.15) is 0 Å². The number of amides is 1. The first-order valence-electron chi connectivity index (χ1n) is 6.78. The van der Waals surface area contributed by atoms with E-state index in [9.17, 15) is 9.59 Å². The molecule has 1 rings (SSSR count). The molecule has 21 heavy (non-hydrogen) atoms. The molecule has 0 heterocycles. The van der Waals surface area contributed by atoms with E-state index < -0.39 is 5.97 Å². The molecule has 0 spiro atoms. The van der Waals surface area contributed by atoms with Crippen LogP contribution in [0.4, 0.5) is 0 Å². The third-order valence-corrected chi connectivity index (χ3v) is 2.95. The van der Waals surface area contributed by atoms with Gasteiger partial charge in [0.05, 0.1) is 11.7 Å². The van der Waals surface area contributed by atoms with E-state index in [2.05, 4.69) is 5.32 Å². The first-order chi connectivity index (χ1) is 9.79. The van der Waals surface area contributed by atoms with Crippen molar-refractivity contribution in [1.82, 2.24) is 5.32 Å². The third kappa shape index (κ3) is 6.04. The molecule has 0 saturated carbocycles. The summed E-state index contributed by atoms with van der Waals surface area (Å²) in [5.74, 6) is -0.758. The number of hydrogen-bond acceptors (Lipinski definition) is 3. The number of benzene rings is 1. The highest BCUT2D eigenvalue weighted by atomic mass is 35.5. The Morgan fingerprint density at radius 2 is 2.00 bits per heavy atom. The van der Waals surface area contributed by atoms with Crippen LogP contribution in [0.3, 0.4) is 0 Å². The largest absolute Gasteiger partial charge is 0.490 e. The summed E-state index contributed by atoms with van der Waals surface area (Å²) >= 11 is 5.92. The van der Waals surface area contributed by atoms with Crippen molar-refractivity contribution < 1.29 is 19.4 Å². The van der Waals surface area contributed by atoms with E-state index in [4.69, 9.17) is 21.4 Å². The molecule has 0 aromatic heterocycles. The fourth-order valence-electron chi connectivity index (χ4n) is 1.75. The zero-order valence-corrected chi connectivity index (χ0v) is 13.1. The summed E-state index contributed by atoms with van der Waals surface area (Å²) in [6.45, 7) is 5.49. The number of aliphatic carboxylic acids is 1. The van der Waals surface area contributed by atoms with Crippen LogP contribution in [0.25, 0.3) is 0 Å². The van der Waals surface area contributed by atoms with Crippen molar-refractivity contribution in [2.75, 3.05) is 0 Å². The van der Waals surface area contributed by atoms with Gasteiger partial charge in [-0.25, -0.2) is 0 Å². The molecular weight excluding hydrogens is 294 g/mol. The Hall–Kier alpha value is -1.75. The lowest BCUT2D eigenvalue weighted by atomic mass is 10.1. The smallest absolute Gasteiger partial charge is 0.303 e. The molecule has 1 atom stereocenters. The minimum atomic E-state index is -0.886. The number of nitrogens with one attached hydrogen (secondary N) is 1. The first kappa shape index (κ1) is 17.3. The second-order valence-electron chi connectivity index (χ2n) is 5.11. The maximum atomic E-state index is 12.3. The van der Waals surface area contributed by atoms with E-state index >= 15 is 0 Å². The summed E-state index contributed by atoms with van der Waals surface area (Å²) < 4.78 is 5.59. The number of carboxylic acid groups (broad SMARTS) is 1. The third-order valence-electron chi connectivity index (χ3n) is 2.72. The fourth-order valence-corrected chi connectivity index (χ4v) is 1.92. The van der Waals surface area contributed by atoms with Gasteiger partial charge < -0.3 is 15.2 Å². The molecule has 1 aromatic carbocycles. The molecule has 5 nitrogen and oxygen atoms in total. The number of carbonyl (C=O) groups is 2. The van der Waals surface area contributed by atoms with Gasteiger partial charge in [0.1, 0.15) is 5.75 Å². The Labute approximate surface area is 129 Å². The summed E-state index contributed by atoms with van der Waals surface area (Å²) in [5.41, 5.74) is 0.346. The molecule has 2 N–H and O–H groups in total. The van der Waals surface area contributed by atoms with Crippen molar-refractivity contribution in [3.63, 3.8) is 0 Å². The highest BCUT2D eigenvalue weighted by Crippen LogP contribution is 2.24. The summed E-state index contributed by atoms with van der Waals surface area (Å²) in [5, 5.41) is 11.8. The summed E-state index contributed by atoms with van der Waals surface area (Å²) in [4.78, 5) is 22.8. The molecule has 0 aliphatic rings. The quantitative estimate of drug-likeness (QED) is 0.811. The van der Waals surface area contributed by atoms with Crippen molar-refractivity contribution in [3.8, 4) is 5.75 Å². The van der Waals surface area contributed by atoms with Crippen LogP contribution in [0.5, 0.6) is 5.75 Å². The topological polar surface area (TPSA) is 75.6 Å². The van der Waals surface area contributed by atoms with Gasteiger partial charge in [0, 0.05) is 17.5 Å². The molecule has 1 amide bonds. The van der Waals surface area contributed by atoms with Crippen molar-refractivity contribution in [2.45, 2.75) is 45.8 Å². The lowest BCUT2D eigenvalue weighted by Crippen LogP contribution is -2.33. The van der Waals surface area contributed by atoms with E-state index in [0.29, 0.717) is 22.8 Å². The second-order valence-corrected chi connectivity index (χ2v) is 5.55. The molecule has 0 aliphatic heterocycles. The summed E-state index contributed by atoms with van der Waals surface area (Å²) in [7, 11) is 0. The van der Waals surface area contributed by atoms with E-state index in [0.717, 1.165) is 0 Å². The van der Waals surface area contributed by atoms with Crippen LogP contribution in [0.15, 0.2) is 18.2 Å². The van der Waals surface area contributed by atoms with Crippen molar-refractivity contribution in [2.24, 2.45) is 0 Å². The molecule has 0 aliphatic carbocycles. The van der Waals surface area contributed by atoms with Crippen LogP contribution in [0.2, 0.25) is 5.02 Å². The lowest BCUT2D eigenvalue weighted by molar-refractivity contribution is -0.137. The van der Waals surface area contributed by atoms with E-state index in [1.807, 2.05) is 13.8 Å². The van der Waals surface area contributed by atoms with Crippen molar-refractivity contribution >= 4 is 23.5 Å². The first-order valence-corrected chi connectivity index (χ1v) is 7.16. The molecule has 1 aromatic rings. The number of carboxylic acids is 1. The van der Waals surface area contributed by atoms with E-state index in [1.165, 1.54) is 0 Å². The Bertz CT molecular complexity index is 516. The standard InChI is InChI=1S/C15H20ClNO4/c1-9(2)21-13-6-5-11(16)8-12(13)15(20)17-10(3)4-7-14(18)19/h5-6,8-10H,4,7H2,1-3H3,(H,17,20)(H,18,19). The van der Waals surface area contributed by atoms with Gasteiger partial charge in [-0.3, -0.25) is 9.59 Å². The van der Waals surface area contributed by atoms with Gasteiger partial charge in [-0.1, -0.05) is 11.6 Å². The fraction of sp³-hybridized carbons (Fsp3) is 0.467. The maximum absolute atomic E-state index is 12.3. The van der Waals surface area contributed by atoms with Gasteiger partial charge >= 0.3 is 5.97 Å². The molecule has 0 saturated heterocycles. The van der Waals surface area contributed by atoms with Gasteiger partial charge in [0.15, 0.2) is 0 Å². The second kappa shape index (κ2) is 7.88. The average molecular weight is 314 g/mol. The van der Waals surface area contributed by atoms with Crippen LogP contribution >= 0.6 is 11.6 Å². The SMILES string of the molecule is CC(CCC(=O)O)NC(=O)c1cc(Cl)ccc1OC(C)C. The van der Waals surface area contributed by atoms with Crippen LogP contribution in [-0.4, -0.2) is 29.1 Å². The van der Waals surface area contributed by atoms with Crippen LogP contribution in [-0.2, 0) is 4.79 Å². The molecule has 1 unspecified atom stereocenters. The normalized spacial score (nSPS) is 12.0. The number of halogens is 1. The average Bonchev–Trinajstić information content (AvgIpc) is 2.37. The lowest BCUT2D eigenvalue weighted by Gasteiger charge is -2.17. The minimum absolute atomic E-state index is 0.00629. The minimum Gasteiger partial charge on any atom is -0.490 e. The monoisotopic (exact) mass is 313 g/mol. The Morgan fingerprint density at radius 3 is 2.57 bits per heavy atom.